The van der Waals surface area contributed by atoms with Crippen molar-refractivity contribution in [1.82, 2.24) is 19.3 Å². The van der Waals surface area contributed by atoms with E-state index in [1.165, 1.54) is 11.8 Å². The van der Waals surface area contributed by atoms with Gasteiger partial charge in [0.15, 0.2) is 5.16 Å². The van der Waals surface area contributed by atoms with Gasteiger partial charge in [0.25, 0.3) is 0 Å². The van der Waals surface area contributed by atoms with Gasteiger partial charge in [0.2, 0.25) is 5.91 Å². The summed E-state index contributed by atoms with van der Waals surface area (Å²) in [6.45, 7) is 4.47. The van der Waals surface area contributed by atoms with E-state index in [0.29, 0.717) is 23.8 Å². The first-order valence-electron chi connectivity index (χ1n) is 11.4. The zero-order valence-electron chi connectivity index (χ0n) is 18.5. The molecule has 2 aliphatic carbocycles. The molecule has 0 atom stereocenters. The van der Waals surface area contributed by atoms with Crippen LogP contribution in [-0.4, -0.2) is 31.0 Å². The lowest BCUT2D eigenvalue weighted by Gasteiger charge is -2.17. The molecule has 1 fully saturated rings. The van der Waals surface area contributed by atoms with Gasteiger partial charge >= 0.3 is 0 Å². The summed E-state index contributed by atoms with van der Waals surface area (Å²) in [4.78, 5) is 13.0. The number of carbonyl (C=O) groups is 1. The molecule has 3 aromatic rings. The predicted molar refractivity (Wildman–Crippen MR) is 129 cm³/mol. The number of rotatable bonds is 8. The normalized spacial score (nSPS) is 15.0. The Morgan fingerprint density at radius 1 is 1.24 bits per heavy atom. The third-order valence-corrected chi connectivity index (χ3v) is 7.15. The van der Waals surface area contributed by atoms with Crippen LogP contribution in [0.15, 0.2) is 48.1 Å². The maximum atomic E-state index is 13.0. The summed E-state index contributed by atoms with van der Waals surface area (Å²) in [5.41, 5.74) is 3.74. The van der Waals surface area contributed by atoms with Crippen LogP contribution in [0.2, 0.25) is 0 Å². The van der Waals surface area contributed by atoms with E-state index in [1.807, 2.05) is 36.4 Å². The first-order chi connectivity index (χ1) is 16.2. The third kappa shape index (κ3) is 4.21. The highest BCUT2D eigenvalue weighted by Gasteiger charge is 2.30. The number of nitriles is 1. The van der Waals surface area contributed by atoms with Crippen molar-refractivity contribution < 1.29 is 4.79 Å². The molecule has 0 unspecified atom stereocenters. The summed E-state index contributed by atoms with van der Waals surface area (Å²) in [5.74, 6) is 2.06. The monoisotopic (exact) mass is 458 g/mol. The molecule has 1 aromatic carbocycles. The number of fused-ring (bicyclic) bond motifs is 1. The standard InChI is InChI=1S/C25H26N6OS/c1-2-14-30-23(17-12-13-17)28-29-25(30)33-16-22(32)27-24-20(15-26)19-10-6-7-11-21(19)31(24)18-8-4-3-5-9-18/h2-5,8-9,17H,1,6-7,10-14,16H2,(H,27,32). The number of carbonyl (C=O) groups excluding carboxylic acids is 1. The fourth-order valence-corrected chi connectivity index (χ4v) is 5.30. The maximum Gasteiger partial charge on any atom is 0.236 e. The second kappa shape index (κ2) is 9.28. The Bertz CT molecular complexity index is 1230. The van der Waals surface area contributed by atoms with Gasteiger partial charge in [-0.2, -0.15) is 5.26 Å². The molecule has 7 nitrogen and oxygen atoms in total. The summed E-state index contributed by atoms with van der Waals surface area (Å²) in [6, 6.07) is 12.3. The minimum absolute atomic E-state index is 0.162. The van der Waals surface area contributed by atoms with Crippen molar-refractivity contribution in [2.45, 2.75) is 56.1 Å². The van der Waals surface area contributed by atoms with Crippen molar-refractivity contribution in [3.05, 3.63) is 65.6 Å². The van der Waals surface area contributed by atoms with Gasteiger partial charge in [-0.3, -0.25) is 9.36 Å². The molecule has 2 heterocycles. The molecule has 0 aliphatic heterocycles. The first kappa shape index (κ1) is 21.5. The van der Waals surface area contributed by atoms with E-state index < -0.39 is 0 Å². The third-order valence-electron chi connectivity index (χ3n) is 6.19. The molecule has 33 heavy (non-hydrogen) atoms. The van der Waals surface area contributed by atoms with Gasteiger partial charge in [-0.05, 0) is 56.2 Å². The zero-order chi connectivity index (χ0) is 22.8. The van der Waals surface area contributed by atoms with Crippen molar-refractivity contribution in [3.63, 3.8) is 0 Å². The lowest BCUT2D eigenvalue weighted by Crippen LogP contribution is -2.18. The Morgan fingerprint density at radius 2 is 2.03 bits per heavy atom. The molecule has 0 bridgehead atoms. The molecule has 2 aromatic heterocycles. The van der Waals surface area contributed by atoms with E-state index in [-0.39, 0.29) is 11.7 Å². The zero-order valence-corrected chi connectivity index (χ0v) is 19.3. The molecular formula is C25H26N6OS. The number of para-hydroxylation sites is 1. The van der Waals surface area contributed by atoms with Crippen LogP contribution in [-0.2, 0) is 24.2 Å². The number of anilines is 1. The Morgan fingerprint density at radius 3 is 2.76 bits per heavy atom. The van der Waals surface area contributed by atoms with Crippen molar-refractivity contribution in [3.8, 4) is 11.8 Å². The SMILES string of the molecule is C=CCn1c(SCC(=O)Nc2c(C#N)c3c(n2-c2ccccc2)CCCC3)nnc1C1CC1. The minimum atomic E-state index is -0.162. The number of nitrogens with one attached hydrogen (secondary N) is 1. The topological polar surface area (TPSA) is 88.5 Å². The molecule has 168 valence electrons. The number of hydrogen-bond acceptors (Lipinski definition) is 5. The number of nitrogens with zero attached hydrogens (tertiary/aromatic N) is 5. The van der Waals surface area contributed by atoms with Gasteiger partial charge in [0, 0.05) is 23.8 Å². The Balaban J connectivity index is 1.40. The van der Waals surface area contributed by atoms with Crippen LogP contribution in [0.25, 0.3) is 5.69 Å². The Kier molecular flexibility index (Phi) is 6.05. The van der Waals surface area contributed by atoms with Crippen LogP contribution in [0.4, 0.5) is 5.82 Å². The van der Waals surface area contributed by atoms with Crippen LogP contribution < -0.4 is 5.32 Å². The molecule has 0 saturated heterocycles. The smallest absolute Gasteiger partial charge is 0.236 e. The van der Waals surface area contributed by atoms with Crippen molar-refractivity contribution in [2.75, 3.05) is 11.1 Å². The molecule has 8 heteroatoms. The highest BCUT2D eigenvalue weighted by Crippen LogP contribution is 2.40. The van der Waals surface area contributed by atoms with Crippen LogP contribution in [0.1, 0.15) is 54.2 Å². The second-order valence-corrected chi connectivity index (χ2v) is 9.43. The van der Waals surface area contributed by atoms with Crippen LogP contribution in [0.5, 0.6) is 0 Å². The van der Waals surface area contributed by atoms with Crippen LogP contribution in [0.3, 0.4) is 0 Å². The average Bonchev–Trinajstić information content (AvgIpc) is 3.53. The van der Waals surface area contributed by atoms with Gasteiger partial charge in [-0.25, -0.2) is 0 Å². The number of amides is 1. The van der Waals surface area contributed by atoms with E-state index in [9.17, 15) is 10.1 Å². The van der Waals surface area contributed by atoms with Gasteiger partial charge in [0.1, 0.15) is 17.7 Å². The van der Waals surface area contributed by atoms with E-state index in [1.54, 1.807) is 0 Å². The molecular weight excluding hydrogens is 432 g/mol. The largest absolute Gasteiger partial charge is 0.310 e. The Labute approximate surface area is 197 Å². The molecule has 5 rings (SSSR count). The number of aromatic nitrogens is 4. The predicted octanol–water partition coefficient (Wildman–Crippen LogP) is 4.61. The number of hydrogen-bond donors (Lipinski definition) is 1. The lowest BCUT2D eigenvalue weighted by atomic mass is 9.95. The second-order valence-electron chi connectivity index (χ2n) is 8.49. The van der Waals surface area contributed by atoms with Gasteiger partial charge in [-0.15, -0.1) is 16.8 Å². The summed E-state index contributed by atoms with van der Waals surface area (Å²) >= 11 is 1.37. The fourth-order valence-electron chi connectivity index (χ4n) is 4.55. The van der Waals surface area contributed by atoms with Crippen LogP contribution >= 0.6 is 11.8 Å². The van der Waals surface area contributed by atoms with E-state index >= 15 is 0 Å². The number of thioether (sulfide) groups is 1. The number of allylic oxidation sites excluding steroid dienone is 1. The highest BCUT2D eigenvalue weighted by molar-refractivity contribution is 7.99. The average molecular weight is 459 g/mol. The van der Waals surface area contributed by atoms with Crippen LogP contribution in [0, 0.1) is 11.3 Å². The lowest BCUT2D eigenvalue weighted by molar-refractivity contribution is -0.113. The molecule has 1 saturated carbocycles. The van der Waals surface area contributed by atoms with Gasteiger partial charge < -0.3 is 9.88 Å². The molecule has 1 amide bonds. The summed E-state index contributed by atoms with van der Waals surface area (Å²) in [5, 5.41) is 22.4. The van der Waals surface area contributed by atoms with Gasteiger partial charge in [-0.1, -0.05) is 36.0 Å². The van der Waals surface area contributed by atoms with Gasteiger partial charge in [0.05, 0.1) is 11.3 Å². The fraction of sp³-hybridized carbons (Fsp3) is 0.360. The first-order valence-corrected chi connectivity index (χ1v) is 12.4. The highest BCUT2D eigenvalue weighted by atomic mass is 32.2. The minimum Gasteiger partial charge on any atom is -0.310 e. The maximum absolute atomic E-state index is 13.0. The summed E-state index contributed by atoms with van der Waals surface area (Å²) < 4.78 is 4.11. The molecule has 0 spiro atoms. The number of benzene rings is 1. The Hall–Kier alpha value is -3.31. The van der Waals surface area contributed by atoms with E-state index in [4.69, 9.17) is 0 Å². The quantitative estimate of drug-likeness (QED) is 0.393. The van der Waals surface area contributed by atoms with E-state index in [0.717, 1.165) is 66.5 Å². The summed E-state index contributed by atoms with van der Waals surface area (Å²) in [7, 11) is 0. The molecule has 2 aliphatic rings. The van der Waals surface area contributed by atoms with Crippen molar-refractivity contribution in [1.29, 1.82) is 5.26 Å². The van der Waals surface area contributed by atoms with Crippen molar-refractivity contribution >= 4 is 23.5 Å². The molecule has 0 radical (unpaired) electrons. The molecule has 1 N–H and O–H groups in total. The van der Waals surface area contributed by atoms with Crippen molar-refractivity contribution in [2.24, 2.45) is 0 Å². The summed E-state index contributed by atoms with van der Waals surface area (Å²) in [6.07, 6.45) is 8.02. The van der Waals surface area contributed by atoms with E-state index in [2.05, 4.69) is 37.3 Å².